The molecule has 0 aromatic rings. The number of ether oxygens (including phenoxy) is 1. The van der Waals surface area contributed by atoms with Crippen molar-refractivity contribution >= 4 is 0 Å². The smallest absolute Gasteiger partial charge is 0.0594 e. The Morgan fingerprint density at radius 2 is 1.92 bits per heavy atom. The predicted octanol–water partition coefficient (Wildman–Crippen LogP) is 1.90. The van der Waals surface area contributed by atoms with Crippen LogP contribution >= 0.6 is 0 Å². The van der Waals surface area contributed by atoms with Gasteiger partial charge in [0.2, 0.25) is 0 Å². The lowest BCUT2D eigenvalue weighted by Gasteiger charge is -2.38. The van der Waals surface area contributed by atoms with Gasteiger partial charge >= 0.3 is 0 Å². The van der Waals surface area contributed by atoms with E-state index in [2.05, 4.69) is 11.8 Å². The summed E-state index contributed by atoms with van der Waals surface area (Å²) in [5, 5.41) is 0. The monoisotopic (exact) mass is 183 g/mol. The zero-order chi connectivity index (χ0) is 9.10. The Morgan fingerprint density at radius 1 is 1.15 bits per heavy atom. The molecule has 0 aromatic heterocycles. The SMILES string of the molecule is C[C@@H]1CCC[C@@H](N2CCOCC2)C1. The van der Waals surface area contributed by atoms with Crippen LogP contribution in [0.2, 0.25) is 0 Å². The van der Waals surface area contributed by atoms with E-state index >= 15 is 0 Å². The summed E-state index contributed by atoms with van der Waals surface area (Å²) in [6.45, 7) is 6.62. The summed E-state index contributed by atoms with van der Waals surface area (Å²) in [4.78, 5) is 2.64. The van der Waals surface area contributed by atoms with Crippen molar-refractivity contribution in [2.24, 2.45) is 5.92 Å². The van der Waals surface area contributed by atoms with Crippen LogP contribution in [-0.4, -0.2) is 37.2 Å². The summed E-state index contributed by atoms with van der Waals surface area (Å²) in [5.41, 5.74) is 0. The average Bonchev–Trinajstić information content (AvgIpc) is 2.19. The molecule has 0 aromatic carbocycles. The molecule has 2 fully saturated rings. The van der Waals surface area contributed by atoms with Crippen molar-refractivity contribution in [3.63, 3.8) is 0 Å². The zero-order valence-electron chi connectivity index (χ0n) is 8.67. The van der Waals surface area contributed by atoms with Crippen molar-refractivity contribution < 1.29 is 4.74 Å². The Hall–Kier alpha value is -0.0800. The molecule has 0 unspecified atom stereocenters. The van der Waals surface area contributed by atoms with Gasteiger partial charge in [-0.3, -0.25) is 4.90 Å². The molecular formula is C11H21NO. The lowest BCUT2D eigenvalue weighted by atomic mass is 9.86. The Labute approximate surface area is 81.3 Å². The molecule has 2 nitrogen and oxygen atoms in total. The molecule has 2 rings (SSSR count). The standard InChI is InChI=1S/C11H21NO/c1-10-3-2-4-11(9-10)12-5-7-13-8-6-12/h10-11H,2-9H2,1H3/t10-,11-/m1/s1. The molecule has 0 radical (unpaired) electrons. The minimum atomic E-state index is 0.868. The van der Waals surface area contributed by atoms with Gasteiger partial charge < -0.3 is 4.74 Å². The van der Waals surface area contributed by atoms with Gasteiger partial charge in [-0.25, -0.2) is 0 Å². The van der Waals surface area contributed by atoms with Crippen LogP contribution in [0, 0.1) is 5.92 Å². The van der Waals surface area contributed by atoms with Crippen LogP contribution in [0.3, 0.4) is 0 Å². The molecule has 0 amide bonds. The van der Waals surface area contributed by atoms with Gasteiger partial charge in [0, 0.05) is 19.1 Å². The number of hydrogen-bond donors (Lipinski definition) is 0. The zero-order valence-corrected chi connectivity index (χ0v) is 8.67. The van der Waals surface area contributed by atoms with E-state index in [0.717, 1.165) is 38.3 Å². The van der Waals surface area contributed by atoms with Gasteiger partial charge in [-0.15, -0.1) is 0 Å². The molecule has 76 valence electrons. The van der Waals surface area contributed by atoms with Crippen molar-refractivity contribution in [2.75, 3.05) is 26.3 Å². The molecule has 0 spiro atoms. The summed E-state index contributed by atoms with van der Waals surface area (Å²) in [5.74, 6) is 0.946. The van der Waals surface area contributed by atoms with E-state index in [-0.39, 0.29) is 0 Å². The maximum Gasteiger partial charge on any atom is 0.0594 e. The van der Waals surface area contributed by atoms with Crippen LogP contribution in [0.4, 0.5) is 0 Å². The third-order valence-electron chi connectivity index (χ3n) is 3.47. The fourth-order valence-corrected chi connectivity index (χ4v) is 2.68. The van der Waals surface area contributed by atoms with E-state index in [4.69, 9.17) is 4.74 Å². The Morgan fingerprint density at radius 3 is 2.62 bits per heavy atom. The van der Waals surface area contributed by atoms with Crippen molar-refractivity contribution in [1.82, 2.24) is 4.90 Å². The minimum absolute atomic E-state index is 0.868. The number of morpholine rings is 1. The molecule has 1 aliphatic carbocycles. The van der Waals surface area contributed by atoms with E-state index < -0.39 is 0 Å². The van der Waals surface area contributed by atoms with Crippen molar-refractivity contribution in [2.45, 2.75) is 38.6 Å². The highest BCUT2D eigenvalue weighted by Gasteiger charge is 2.25. The summed E-state index contributed by atoms with van der Waals surface area (Å²) >= 11 is 0. The molecule has 1 saturated heterocycles. The molecule has 2 heteroatoms. The summed E-state index contributed by atoms with van der Waals surface area (Å²) in [6, 6.07) is 0.868. The maximum atomic E-state index is 5.38. The van der Waals surface area contributed by atoms with Gasteiger partial charge in [0.25, 0.3) is 0 Å². The summed E-state index contributed by atoms with van der Waals surface area (Å²) in [7, 11) is 0. The van der Waals surface area contributed by atoms with Crippen LogP contribution in [0.1, 0.15) is 32.6 Å². The molecule has 2 aliphatic rings. The fraction of sp³-hybridized carbons (Fsp3) is 1.00. The van der Waals surface area contributed by atoms with Crippen LogP contribution in [-0.2, 0) is 4.74 Å². The van der Waals surface area contributed by atoms with Crippen LogP contribution in [0.5, 0.6) is 0 Å². The molecule has 1 heterocycles. The van der Waals surface area contributed by atoms with Gasteiger partial charge in [0.15, 0.2) is 0 Å². The number of nitrogens with zero attached hydrogens (tertiary/aromatic N) is 1. The van der Waals surface area contributed by atoms with Crippen molar-refractivity contribution in [1.29, 1.82) is 0 Å². The van der Waals surface area contributed by atoms with Crippen molar-refractivity contribution in [3.05, 3.63) is 0 Å². The Kier molecular flexibility index (Phi) is 3.23. The van der Waals surface area contributed by atoms with Gasteiger partial charge in [-0.05, 0) is 18.8 Å². The first kappa shape index (κ1) is 9.47. The Balaban J connectivity index is 1.83. The second kappa shape index (κ2) is 4.43. The topological polar surface area (TPSA) is 12.5 Å². The maximum absolute atomic E-state index is 5.38. The van der Waals surface area contributed by atoms with E-state index in [1.165, 1.54) is 25.7 Å². The van der Waals surface area contributed by atoms with Gasteiger partial charge in [-0.2, -0.15) is 0 Å². The molecule has 13 heavy (non-hydrogen) atoms. The normalized spacial score (nSPS) is 37.6. The molecule has 1 aliphatic heterocycles. The highest BCUT2D eigenvalue weighted by molar-refractivity contribution is 4.79. The van der Waals surface area contributed by atoms with Crippen LogP contribution in [0.15, 0.2) is 0 Å². The van der Waals surface area contributed by atoms with E-state index in [9.17, 15) is 0 Å². The fourth-order valence-electron chi connectivity index (χ4n) is 2.68. The van der Waals surface area contributed by atoms with E-state index in [1.54, 1.807) is 0 Å². The van der Waals surface area contributed by atoms with Crippen molar-refractivity contribution in [3.8, 4) is 0 Å². The minimum Gasteiger partial charge on any atom is -0.379 e. The van der Waals surface area contributed by atoms with Crippen LogP contribution < -0.4 is 0 Å². The van der Waals surface area contributed by atoms with Crippen LogP contribution in [0.25, 0.3) is 0 Å². The molecule has 0 N–H and O–H groups in total. The second-order valence-corrected chi connectivity index (χ2v) is 4.57. The Bertz CT molecular complexity index is 154. The van der Waals surface area contributed by atoms with Gasteiger partial charge in [0.1, 0.15) is 0 Å². The summed E-state index contributed by atoms with van der Waals surface area (Å²) < 4.78 is 5.38. The predicted molar refractivity (Wildman–Crippen MR) is 53.8 cm³/mol. The molecular weight excluding hydrogens is 162 g/mol. The molecule has 0 bridgehead atoms. The first-order valence-electron chi connectivity index (χ1n) is 5.68. The summed E-state index contributed by atoms with van der Waals surface area (Å²) in [6.07, 6.45) is 5.72. The van der Waals surface area contributed by atoms with E-state index in [0.29, 0.717) is 0 Å². The molecule has 2 atom stereocenters. The van der Waals surface area contributed by atoms with E-state index in [1.807, 2.05) is 0 Å². The third kappa shape index (κ3) is 2.44. The largest absolute Gasteiger partial charge is 0.379 e. The highest BCUT2D eigenvalue weighted by Crippen LogP contribution is 2.27. The number of rotatable bonds is 1. The first-order valence-corrected chi connectivity index (χ1v) is 5.68. The lowest BCUT2D eigenvalue weighted by Crippen LogP contribution is -2.45. The second-order valence-electron chi connectivity index (χ2n) is 4.57. The van der Waals surface area contributed by atoms with Gasteiger partial charge in [-0.1, -0.05) is 19.8 Å². The van der Waals surface area contributed by atoms with Gasteiger partial charge in [0.05, 0.1) is 13.2 Å². The quantitative estimate of drug-likeness (QED) is 0.615. The average molecular weight is 183 g/mol. The molecule has 1 saturated carbocycles. The highest BCUT2D eigenvalue weighted by atomic mass is 16.5. The first-order chi connectivity index (χ1) is 6.36. The third-order valence-corrected chi connectivity index (χ3v) is 3.47. The lowest BCUT2D eigenvalue weighted by molar-refractivity contribution is 0.00392. The number of hydrogen-bond acceptors (Lipinski definition) is 2.